The lowest BCUT2D eigenvalue weighted by molar-refractivity contribution is -0.123. The third kappa shape index (κ3) is 4.01. The summed E-state index contributed by atoms with van der Waals surface area (Å²) in [5.74, 6) is 1.96. The molecule has 1 N–H and O–H groups in total. The number of amides is 1. The van der Waals surface area contributed by atoms with Gasteiger partial charge in [-0.2, -0.15) is 0 Å². The molecular formula is C15H27NO. The van der Waals surface area contributed by atoms with Crippen LogP contribution in [0.3, 0.4) is 0 Å². The molecule has 2 aliphatic rings. The minimum absolute atomic E-state index is 0.110. The Bertz CT molecular complexity index is 273. The van der Waals surface area contributed by atoms with E-state index in [1.165, 1.54) is 38.5 Å². The van der Waals surface area contributed by atoms with Crippen molar-refractivity contribution in [1.82, 2.24) is 5.32 Å². The van der Waals surface area contributed by atoms with E-state index in [0.717, 1.165) is 11.8 Å². The lowest BCUT2D eigenvalue weighted by Gasteiger charge is -2.22. The maximum Gasteiger partial charge on any atom is 0.220 e. The van der Waals surface area contributed by atoms with Crippen molar-refractivity contribution in [1.29, 1.82) is 0 Å². The highest BCUT2D eigenvalue weighted by Crippen LogP contribution is 2.44. The molecule has 0 bridgehead atoms. The smallest absolute Gasteiger partial charge is 0.220 e. The predicted octanol–water partition coefficient (Wildman–Crippen LogP) is 3.51. The van der Waals surface area contributed by atoms with Crippen LogP contribution in [-0.2, 0) is 4.79 Å². The fourth-order valence-corrected chi connectivity index (χ4v) is 3.20. The third-order valence-corrected chi connectivity index (χ3v) is 4.13. The number of hydrogen-bond acceptors (Lipinski definition) is 1. The van der Waals surface area contributed by atoms with E-state index in [1.54, 1.807) is 0 Å². The average molecular weight is 237 g/mol. The minimum atomic E-state index is 0.110. The Balaban J connectivity index is 1.70. The van der Waals surface area contributed by atoms with Crippen LogP contribution in [0.1, 0.15) is 65.7 Å². The quantitative estimate of drug-likeness (QED) is 0.799. The lowest BCUT2D eigenvalue weighted by Crippen LogP contribution is -2.31. The molecule has 0 aromatic heterocycles. The Labute approximate surface area is 106 Å². The molecular weight excluding hydrogens is 210 g/mol. The first kappa shape index (κ1) is 12.9. The van der Waals surface area contributed by atoms with Gasteiger partial charge in [-0.05, 0) is 23.7 Å². The van der Waals surface area contributed by atoms with Crippen molar-refractivity contribution in [3.05, 3.63) is 0 Å². The normalized spacial score (nSPS) is 30.1. The van der Waals surface area contributed by atoms with Gasteiger partial charge in [0.25, 0.3) is 0 Å². The Morgan fingerprint density at radius 3 is 2.41 bits per heavy atom. The average Bonchev–Trinajstić information content (AvgIpc) is 2.95. The second-order valence-electron chi connectivity index (χ2n) is 7.21. The van der Waals surface area contributed by atoms with Crippen molar-refractivity contribution < 1.29 is 4.79 Å². The summed E-state index contributed by atoms with van der Waals surface area (Å²) in [5.41, 5.74) is 0.110. The van der Waals surface area contributed by atoms with Crippen LogP contribution < -0.4 is 5.32 Å². The lowest BCUT2D eigenvalue weighted by atomic mass is 9.85. The zero-order valence-corrected chi connectivity index (χ0v) is 11.6. The van der Waals surface area contributed by atoms with E-state index in [-0.39, 0.29) is 11.3 Å². The highest BCUT2D eigenvalue weighted by atomic mass is 16.1. The summed E-state index contributed by atoms with van der Waals surface area (Å²) in [7, 11) is 0. The van der Waals surface area contributed by atoms with Gasteiger partial charge in [-0.25, -0.2) is 0 Å². The highest BCUT2D eigenvalue weighted by Gasteiger charge is 2.43. The topological polar surface area (TPSA) is 29.1 Å². The highest BCUT2D eigenvalue weighted by molar-refractivity contribution is 5.77. The van der Waals surface area contributed by atoms with Crippen LogP contribution in [0.2, 0.25) is 0 Å². The van der Waals surface area contributed by atoms with Gasteiger partial charge >= 0.3 is 0 Å². The van der Waals surface area contributed by atoms with Gasteiger partial charge in [-0.15, -0.1) is 0 Å². The molecule has 0 saturated heterocycles. The van der Waals surface area contributed by atoms with Crippen LogP contribution in [0.25, 0.3) is 0 Å². The zero-order chi connectivity index (χ0) is 12.5. The van der Waals surface area contributed by atoms with Crippen LogP contribution in [-0.4, -0.2) is 11.9 Å². The predicted molar refractivity (Wildman–Crippen MR) is 70.7 cm³/mol. The first-order chi connectivity index (χ1) is 7.96. The van der Waals surface area contributed by atoms with Crippen molar-refractivity contribution in [2.45, 2.75) is 71.8 Å². The van der Waals surface area contributed by atoms with Gasteiger partial charge in [0.15, 0.2) is 0 Å². The SMILES string of the molecule is CC(C)(C)CC(=O)N[C@@H]1C[C@H]1C1CCCCC1. The Kier molecular flexibility index (Phi) is 3.79. The number of rotatable bonds is 3. The van der Waals surface area contributed by atoms with Gasteiger partial charge < -0.3 is 5.32 Å². The van der Waals surface area contributed by atoms with Gasteiger partial charge in [-0.3, -0.25) is 4.79 Å². The number of hydrogen-bond donors (Lipinski definition) is 1. The van der Waals surface area contributed by atoms with Crippen LogP contribution in [0.5, 0.6) is 0 Å². The van der Waals surface area contributed by atoms with E-state index in [0.29, 0.717) is 12.5 Å². The Morgan fingerprint density at radius 1 is 1.18 bits per heavy atom. The van der Waals surface area contributed by atoms with Crippen LogP contribution in [0, 0.1) is 17.3 Å². The van der Waals surface area contributed by atoms with E-state index in [9.17, 15) is 4.79 Å². The summed E-state index contributed by atoms with van der Waals surface area (Å²) >= 11 is 0. The van der Waals surface area contributed by atoms with Gasteiger partial charge in [0.1, 0.15) is 0 Å². The number of carbonyl (C=O) groups is 1. The van der Waals surface area contributed by atoms with Gasteiger partial charge in [0.2, 0.25) is 5.91 Å². The van der Waals surface area contributed by atoms with Crippen LogP contribution in [0.15, 0.2) is 0 Å². The van der Waals surface area contributed by atoms with Crippen LogP contribution >= 0.6 is 0 Å². The molecule has 0 spiro atoms. The molecule has 2 saturated carbocycles. The fraction of sp³-hybridized carbons (Fsp3) is 0.933. The Morgan fingerprint density at radius 2 is 1.82 bits per heavy atom. The summed E-state index contributed by atoms with van der Waals surface area (Å²) in [6, 6.07) is 0.507. The molecule has 17 heavy (non-hydrogen) atoms. The molecule has 0 aromatic carbocycles. The van der Waals surface area contributed by atoms with Crippen molar-refractivity contribution in [3.8, 4) is 0 Å². The Hall–Kier alpha value is -0.530. The van der Waals surface area contributed by atoms with E-state index in [4.69, 9.17) is 0 Å². The fourth-order valence-electron chi connectivity index (χ4n) is 3.20. The molecule has 2 atom stereocenters. The van der Waals surface area contributed by atoms with Gasteiger partial charge in [0, 0.05) is 12.5 Å². The van der Waals surface area contributed by atoms with Crippen LogP contribution in [0.4, 0.5) is 0 Å². The van der Waals surface area contributed by atoms with Gasteiger partial charge in [0.05, 0.1) is 0 Å². The summed E-state index contributed by atoms with van der Waals surface area (Å²) in [5, 5.41) is 3.22. The molecule has 0 heterocycles. The standard InChI is InChI=1S/C15H27NO/c1-15(2,3)10-14(17)16-13-9-12(13)11-7-5-4-6-8-11/h11-13H,4-10H2,1-3H3,(H,16,17)/t12-,13+/m0/s1. The molecule has 2 heteroatoms. The first-order valence-corrected chi connectivity index (χ1v) is 7.25. The molecule has 0 radical (unpaired) electrons. The maximum absolute atomic E-state index is 11.8. The summed E-state index contributed by atoms with van der Waals surface area (Å²) in [6.07, 6.45) is 8.92. The molecule has 1 amide bonds. The van der Waals surface area contributed by atoms with Crippen molar-refractivity contribution >= 4 is 5.91 Å². The summed E-state index contributed by atoms with van der Waals surface area (Å²) in [6.45, 7) is 6.37. The zero-order valence-electron chi connectivity index (χ0n) is 11.6. The van der Waals surface area contributed by atoms with E-state index in [1.807, 2.05) is 0 Å². The monoisotopic (exact) mass is 237 g/mol. The molecule has 98 valence electrons. The van der Waals surface area contributed by atoms with E-state index in [2.05, 4.69) is 26.1 Å². The van der Waals surface area contributed by atoms with E-state index >= 15 is 0 Å². The molecule has 2 rings (SSSR count). The third-order valence-electron chi connectivity index (χ3n) is 4.13. The molecule has 2 aliphatic carbocycles. The largest absolute Gasteiger partial charge is 0.353 e. The maximum atomic E-state index is 11.8. The molecule has 0 aromatic rings. The number of nitrogens with one attached hydrogen (secondary N) is 1. The van der Waals surface area contributed by atoms with E-state index < -0.39 is 0 Å². The molecule has 2 nitrogen and oxygen atoms in total. The summed E-state index contributed by atoms with van der Waals surface area (Å²) < 4.78 is 0. The first-order valence-electron chi connectivity index (χ1n) is 7.25. The summed E-state index contributed by atoms with van der Waals surface area (Å²) in [4.78, 5) is 11.8. The van der Waals surface area contributed by atoms with Gasteiger partial charge in [-0.1, -0.05) is 52.9 Å². The molecule has 0 unspecified atom stereocenters. The minimum Gasteiger partial charge on any atom is -0.353 e. The number of carbonyl (C=O) groups excluding carboxylic acids is 1. The van der Waals surface area contributed by atoms with Crippen molar-refractivity contribution in [2.75, 3.05) is 0 Å². The molecule has 0 aliphatic heterocycles. The second-order valence-corrected chi connectivity index (χ2v) is 7.21. The molecule has 2 fully saturated rings. The van der Waals surface area contributed by atoms with Crippen molar-refractivity contribution in [2.24, 2.45) is 17.3 Å². The van der Waals surface area contributed by atoms with Crippen molar-refractivity contribution in [3.63, 3.8) is 0 Å². The second kappa shape index (κ2) is 4.99.